The van der Waals surface area contributed by atoms with E-state index in [1.807, 2.05) is 0 Å². The number of primary amides is 1. The zero-order chi connectivity index (χ0) is 14.1. The SMILES string of the molecule is CC(C)(Nc1ccc(S(N)(=O)=O)cc1F)C(N)=O. The summed E-state index contributed by atoms with van der Waals surface area (Å²) in [6, 6.07) is 3.09. The Morgan fingerprint density at radius 3 is 2.33 bits per heavy atom. The Balaban J connectivity index is 3.12. The summed E-state index contributed by atoms with van der Waals surface area (Å²) in [4.78, 5) is 10.7. The third-order valence-corrected chi connectivity index (χ3v) is 3.24. The quantitative estimate of drug-likeness (QED) is 0.725. The van der Waals surface area contributed by atoms with Crippen molar-refractivity contribution in [2.24, 2.45) is 10.9 Å². The molecule has 8 heteroatoms. The van der Waals surface area contributed by atoms with Gasteiger partial charge in [-0.1, -0.05) is 0 Å². The van der Waals surface area contributed by atoms with Gasteiger partial charge in [-0.05, 0) is 32.0 Å². The first kappa shape index (κ1) is 14.4. The molecule has 0 aliphatic carbocycles. The van der Waals surface area contributed by atoms with E-state index < -0.39 is 27.3 Å². The molecule has 0 atom stereocenters. The maximum Gasteiger partial charge on any atom is 0.242 e. The van der Waals surface area contributed by atoms with Crippen LogP contribution in [0.25, 0.3) is 0 Å². The van der Waals surface area contributed by atoms with Crippen molar-refractivity contribution in [3.05, 3.63) is 24.0 Å². The second kappa shape index (κ2) is 4.54. The Bertz CT molecular complexity index is 584. The molecule has 0 aliphatic rings. The third-order valence-electron chi connectivity index (χ3n) is 2.33. The molecule has 0 aliphatic heterocycles. The molecular weight excluding hydrogens is 261 g/mol. The molecule has 0 bridgehead atoms. The van der Waals surface area contributed by atoms with Gasteiger partial charge in [0, 0.05) is 0 Å². The minimum absolute atomic E-state index is 0.0359. The average Bonchev–Trinajstić information content (AvgIpc) is 2.19. The fraction of sp³-hybridized carbons (Fsp3) is 0.300. The normalized spacial score (nSPS) is 12.2. The molecule has 0 saturated heterocycles. The number of sulfonamides is 1. The van der Waals surface area contributed by atoms with Crippen molar-refractivity contribution in [2.45, 2.75) is 24.3 Å². The lowest BCUT2D eigenvalue weighted by molar-refractivity contribution is -0.121. The van der Waals surface area contributed by atoms with E-state index in [4.69, 9.17) is 10.9 Å². The number of hydrogen-bond acceptors (Lipinski definition) is 4. The number of nitrogens with two attached hydrogens (primary N) is 2. The molecule has 5 N–H and O–H groups in total. The first-order valence-electron chi connectivity index (χ1n) is 4.94. The Kier molecular flexibility index (Phi) is 3.63. The number of benzene rings is 1. The summed E-state index contributed by atoms with van der Waals surface area (Å²) in [6.07, 6.45) is 0. The molecule has 0 saturated carbocycles. The van der Waals surface area contributed by atoms with Gasteiger partial charge in [0.2, 0.25) is 15.9 Å². The second-order valence-electron chi connectivity index (χ2n) is 4.30. The minimum Gasteiger partial charge on any atom is -0.369 e. The molecule has 1 aromatic carbocycles. The highest BCUT2D eigenvalue weighted by molar-refractivity contribution is 7.89. The summed E-state index contributed by atoms with van der Waals surface area (Å²) >= 11 is 0. The number of carbonyl (C=O) groups is 1. The van der Waals surface area contributed by atoms with E-state index in [9.17, 15) is 17.6 Å². The summed E-state index contributed by atoms with van der Waals surface area (Å²) in [6.45, 7) is 2.95. The number of carbonyl (C=O) groups excluding carboxylic acids is 1. The van der Waals surface area contributed by atoms with Crippen LogP contribution in [0.5, 0.6) is 0 Å². The van der Waals surface area contributed by atoms with Crippen LogP contribution >= 0.6 is 0 Å². The lowest BCUT2D eigenvalue weighted by Gasteiger charge is -2.24. The predicted octanol–water partition coefficient (Wildman–Crippen LogP) is 0.149. The van der Waals surface area contributed by atoms with Crippen LogP contribution in [0.15, 0.2) is 23.1 Å². The predicted molar refractivity (Wildman–Crippen MR) is 64.7 cm³/mol. The summed E-state index contributed by atoms with van der Waals surface area (Å²) in [5.74, 6) is -1.51. The second-order valence-corrected chi connectivity index (χ2v) is 5.86. The van der Waals surface area contributed by atoms with Gasteiger partial charge in [-0.15, -0.1) is 0 Å². The molecule has 1 rings (SSSR count). The lowest BCUT2D eigenvalue weighted by Crippen LogP contribution is -2.45. The molecule has 0 fully saturated rings. The third kappa shape index (κ3) is 3.17. The number of rotatable bonds is 4. The highest BCUT2D eigenvalue weighted by Gasteiger charge is 2.25. The fourth-order valence-corrected chi connectivity index (χ4v) is 1.70. The van der Waals surface area contributed by atoms with E-state index in [1.165, 1.54) is 19.9 Å². The van der Waals surface area contributed by atoms with Gasteiger partial charge in [0.1, 0.15) is 11.4 Å². The number of amides is 1. The van der Waals surface area contributed by atoms with Gasteiger partial charge in [-0.2, -0.15) is 0 Å². The smallest absolute Gasteiger partial charge is 0.242 e. The van der Waals surface area contributed by atoms with Gasteiger partial charge in [0.05, 0.1) is 10.6 Å². The zero-order valence-electron chi connectivity index (χ0n) is 9.90. The van der Waals surface area contributed by atoms with Gasteiger partial charge in [0.25, 0.3) is 0 Å². The topological polar surface area (TPSA) is 115 Å². The van der Waals surface area contributed by atoms with Crippen molar-refractivity contribution in [3.63, 3.8) is 0 Å². The van der Waals surface area contributed by atoms with Crippen LogP contribution in [0.4, 0.5) is 10.1 Å². The largest absolute Gasteiger partial charge is 0.369 e. The maximum absolute atomic E-state index is 13.6. The van der Waals surface area contributed by atoms with Crippen molar-refractivity contribution in [1.29, 1.82) is 0 Å². The number of primary sulfonamides is 1. The maximum atomic E-state index is 13.6. The van der Waals surface area contributed by atoms with Crippen LogP contribution < -0.4 is 16.2 Å². The first-order chi connectivity index (χ1) is 8.04. The van der Waals surface area contributed by atoms with E-state index >= 15 is 0 Å². The van der Waals surface area contributed by atoms with Crippen LogP contribution in [0.2, 0.25) is 0 Å². The van der Waals surface area contributed by atoms with Crippen molar-refractivity contribution >= 4 is 21.6 Å². The summed E-state index contributed by atoms with van der Waals surface area (Å²) in [5, 5.41) is 7.44. The van der Waals surface area contributed by atoms with Gasteiger partial charge in [0.15, 0.2) is 0 Å². The average molecular weight is 275 g/mol. The number of halogens is 1. The fourth-order valence-electron chi connectivity index (χ4n) is 1.17. The lowest BCUT2D eigenvalue weighted by atomic mass is 10.0. The molecule has 0 aromatic heterocycles. The number of nitrogens with one attached hydrogen (secondary N) is 1. The van der Waals surface area contributed by atoms with E-state index in [-0.39, 0.29) is 10.6 Å². The van der Waals surface area contributed by atoms with Crippen LogP contribution in [-0.2, 0) is 14.8 Å². The van der Waals surface area contributed by atoms with Crippen molar-refractivity contribution in [3.8, 4) is 0 Å². The van der Waals surface area contributed by atoms with E-state index in [2.05, 4.69) is 5.32 Å². The van der Waals surface area contributed by atoms with Gasteiger partial charge in [-0.3, -0.25) is 4.79 Å². The Morgan fingerprint density at radius 1 is 1.39 bits per heavy atom. The molecule has 0 spiro atoms. The monoisotopic (exact) mass is 275 g/mol. The molecular formula is C10H14FN3O3S. The van der Waals surface area contributed by atoms with Crippen LogP contribution in [0.1, 0.15) is 13.8 Å². The van der Waals surface area contributed by atoms with Gasteiger partial charge in [-0.25, -0.2) is 17.9 Å². The number of anilines is 1. The molecule has 6 nitrogen and oxygen atoms in total. The van der Waals surface area contributed by atoms with Crippen LogP contribution in [-0.4, -0.2) is 19.9 Å². The Morgan fingerprint density at radius 2 is 1.94 bits per heavy atom. The van der Waals surface area contributed by atoms with Crippen LogP contribution in [0, 0.1) is 5.82 Å². The summed E-state index contributed by atoms with van der Waals surface area (Å²) in [5.41, 5.74) is 3.93. The number of hydrogen-bond donors (Lipinski definition) is 3. The van der Waals surface area contributed by atoms with E-state index in [0.29, 0.717) is 0 Å². The molecule has 0 heterocycles. The van der Waals surface area contributed by atoms with E-state index in [1.54, 1.807) is 0 Å². The standard InChI is InChI=1S/C10H14FN3O3S/c1-10(2,9(12)15)14-8-4-3-6(5-7(8)11)18(13,16)17/h3-5,14H,1-2H3,(H2,12,15)(H2,13,16,17). The summed E-state index contributed by atoms with van der Waals surface area (Å²) in [7, 11) is -3.96. The Labute approximate surface area is 104 Å². The van der Waals surface area contributed by atoms with Crippen molar-refractivity contribution in [2.75, 3.05) is 5.32 Å². The van der Waals surface area contributed by atoms with Gasteiger partial charge < -0.3 is 11.1 Å². The minimum atomic E-state index is -3.96. The summed E-state index contributed by atoms with van der Waals surface area (Å²) < 4.78 is 35.7. The molecule has 100 valence electrons. The molecule has 1 aromatic rings. The van der Waals surface area contributed by atoms with E-state index in [0.717, 1.165) is 12.1 Å². The van der Waals surface area contributed by atoms with Crippen molar-refractivity contribution in [1.82, 2.24) is 0 Å². The zero-order valence-corrected chi connectivity index (χ0v) is 10.7. The van der Waals surface area contributed by atoms with Gasteiger partial charge >= 0.3 is 0 Å². The first-order valence-corrected chi connectivity index (χ1v) is 6.49. The highest BCUT2D eigenvalue weighted by Crippen LogP contribution is 2.21. The molecule has 0 unspecified atom stereocenters. The molecule has 18 heavy (non-hydrogen) atoms. The Hall–Kier alpha value is -1.67. The highest BCUT2D eigenvalue weighted by atomic mass is 32.2. The molecule has 0 radical (unpaired) electrons. The van der Waals surface area contributed by atoms with Crippen LogP contribution in [0.3, 0.4) is 0 Å². The molecule has 1 amide bonds. The van der Waals surface area contributed by atoms with Crippen molar-refractivity contribution < 1.29 is 17.6 Å².